The zero-order chi connectivity index (χ0) is 11.8. The predicted octanol–water partition coefficient (Wildman–Crippen LogP) is 1.14. The summed E-state index contributed by atoms with van der Waals surface area (Å²) in [5.41, 5.74) is 6.87. The van der Waals surface area contributed by atoms with Crippen LogP contribution in [0.3, 0.4) is 0 Å². The number of nitrogen functional groups attached to an aromatic ring is 1. The summed E-state index contributed by atoms with van der Waals surface area (Å²) in [6.07, 6.45) is 0.566. The summed E-state index contributed by atoms with van der Waals surface area (Å²) in [6.45, 7) is 2.54. The molecule has 88 valence electrons. The van der Waals surface area contributed by atoms with Crippen molar-refractivity contribution in [2.45, 2.75) is 23.5 Å². The van der Waals surface area contributed by atoms with Crippen LogP contribution in [0.5, 0.6) is 0 Å². The standard InChI is InChI=1S/C11H15NO3S/c1-8-10(12)3-2-4-11(8)16(13,14)9-5-6-15-7-9/h2-4,9H,5-7,12H2,1H3. The molecule has 0 aromatic heterocycles. The zero-order valence-electron chi connectivity index (χ0n) is 9.14. The Morgan fingerprint density at radius 1 is 1.44 bits per heavy atom. The molecule has 2 N–H and O–H groups in total. The van der Waals surface area contributed by atoms with Gasteiger partial charge in [-0.2, -0.15) is 0 Å². The molecule has 1 saturated heterocycles. The third-order valence-corrected chi connectivity index (χ3v) is 5.26. The molecule has 0 saturated carbocycles. The van der Waals surface area contributed by atoms with Crippen molar-refractivity contribution in [3.05, 3.63) is 23.8 Å². The number of hydrogen-bond acceptors (Lipinski definition) is 4. The molecule has 0 bridgehead atoms. The van der Waals surface area contributed by atoms with E-state index in [4.69, 9.17) is 10.5 Å². The second-order valence-electron chi connectivity index (χ2n) is 4.00. The van der Waals surface area contributed by atoms with Gasteiger partial charge in [-0.3, -0.25) is 0 Å². The van der Waals surface area contributed by atoms with Crippen molar-refractivity contribution in [3.8, 4) is 0 Å². The maximum atomic E-state index is 12.3. The molecule has 1 aliphatic rings. The molecule has 0 spiro atoms. The van der Waals surface area contributed by atoms with Crippen LogP contribution in [0.25, 0.3) is 0 Å². The molecule has 16 heavy (non-hydrogen) atoms. The number of hydrogen-bond donors (Lipinski definition) is 1. The second kappa shape index (κ2) is 4.07. The van der Waals surface area contributed by atoms with Gasteiger partial charge < -0.3 is 10.5 Å². The van der Waals surface area contributed by atoms with Crippen LogP contribution in [0.1, 0.15) is 12.0 Å². The van der Waals surface area contributed by atoms with Crippen LogP contribution < -0.4 is 5.73 Å². The molecule has 5 heteroatoms. The van der Waals surface area contributed by atoms with Crippen molar-refractivity contribution in [3.63, 3.8) is 0 Å². The van der Waals surface area contributed by atoms with Crippen LogP contribution in [-0.2, 0) is 14.6 Å². The van der Waals surface area contributed by atoms with Gasteiger partial charge in [-0.15, -0.1) is 0 Å². The van der Waals surface area contributed by atoms with Gasteiger partial charge in [-0.05, 0) is 31.0 Å². The van der Waals surface area contributed by atoms with E-state index in [1.165, 1.54) is 0 Å². The van der Waals surface area contributed by atoms with E-state index >= 15 is 0 Å². The lowest BCUT2D eigenvalue weighted by Gasteiger charge is -2.13. The number of rotatable bonds is 2. The minimum absolute atomic E-state index is 0.288. The Labute approximate surface area is 95.3 Å². The normalized spacial score (nSPS) is 21.2. The van der Waals surface area contributed by atoms with Gasteiger partial charge in [0.15, 0.2) is 9.84 Å². The highest BCUT2D eigenvalue weighted by Gasteiger charge is 2.32. The zero-order valence-corrected chi connectivity index (χ0v) is 9.96. The molecule has 1 aromatic carbocycles. The van der Waals surface area contributed by atoms with Crippen LogP contribution in [0.2, 0.25) is 0 Å². The van der Waals surface area contributed by atoms with Crippen molar-refractivity contribution in [2.75, 3.05) is 18.9 Å². The van der Waals surface area contributed by atoms with E-state index in [-0.39, 0.29) is 6.61 Å². The van der Waals surface area contributed by atoms with E-state index in [9.17, 15) is 8.42 Å². The van der Waals surface area contributed by atoms with Gasteiger partial charge in [0.1, 0.15) is 0 Å². The summed E-state index contributed by atoms with van der Waals surface area (Å²) >= 11 is 0. The SMILES string of the molecule is Cc1c(N)cccc1S(=O)(=O)C1CCOC1. The first kappa shape index (κ1) is 11.4. The van der Waals surface area contributed by atoms with Gasteiger partial charge in [-0.1, -0.05) is 6.07 Å². The second-order valence-corrected chi connectivity index (χ2v) is 6.20. The Hall–Kier alpha value is -1.07. The first-order valence-corrected chi connectivity index (χ1v) is 6.75. The number of anilines is 1. The summed E-state index contributed by atoms with van der Waals surface area (Å²) < 4.78 is 29.7. The van der Waals surface area contributed by atoms with E-state index in [2.05, 4.69) is 0 Å². The fourth-order valence-electron chi connectivity index (χ4n) is 1.88. The van der Waals surface area contributed by atoms with E-state index in [1.807, 2.05) is 0 Å². The fraction of sp³-hybridized carbons (Fsp3) is 0.455. The highest BCUT2D eigenvalue weighted by Crippen LogP contribution is 2.27. The minimum Gasteiger partial charge on any atom is -0.398 e. The molecule has 1 heterocycles. The van der Waals surface area contributed by atoms with Gasteiger partial charge in [0.25, 0.3) is 0 Å². The molecule has 2 rings (SSSR count). The average Bonchev–Trinajstić information content (AvgIpc) is 2.75. The molecule has 0 aliphatic carbocycles. The molecular weight excluding hydrogens is 226 g/mol. The van der Waals surface area contributed by atoms with Gasteiger partial charge in [0.2, 0.25) is 0 Å². The lowest BCUT2D eigenvalue weighted by atomic mass is 10.2. The average molecular weight is 241 g/mol. The molecule has 1 fully saturated rings. The highest BCUT2D eigenvalue weighted by atomic mass is 32.2. The Balaban J connectivity index is 2.47. The van der Waals surface area contributed by atoms with E-state index in [1.54, 1.807) is 25.1 Å². The lowest BCUT2D eigenvalue weighted by Crippen LogP contribution is -2.22. The molecular formula is C11H15NO3S. The van der Waals surface area contributed by atoms with Crippen LogP contribution in [0, 0.1) is 6.92 Å². The number of benzene rings is 1. The minimum atomic E-state index is -3.30. The number of sulfone groups is 1. The topological polar surface area (TPSA) is 69.4 Å². The summed E-state index contributed by atoms with van der Waals surface area (Å²) in [5.74, 6) is 0. The van der Waals surface area contributed by atoms with Gasteiger partial charge in [0.05, 0.1) is 16.8 Å². The first-order valence-electron chi connectivity index (χ1n) is 5.20. The summed E-state index contributed by atoms with van der Waals surface area (Å²) in [7, 11) is -3.30. The number of nitrogens with two attached hydrogens (primary N) is 1. The molecule has 4 nitrogen and oxygen atoms in total. The monoisotopic (exact) mass is 241 g/mol. The molecule has 1 aliphatic heterocycles. The molecule has 1 aromatic rings. The van der Waals surface area contributed by atoms with Gasteiger partial charge in [0, 0.05) is 12.3 Å². The van der Waals surface area contributed by atoms with Crippen molar-refractivity contribution in [1.29, 1.82) is 0 Å². The fourth-order valence-corrected chi connectivity index (χ4v) is 3.73. The Kier molecular flexibility index (Phi) is 2.90. The maximum Gasteiger partial charge on any atom is 0.183 e. The van der Waals surface area contributed by atoms with Crippen molar-refractivity contribution < 1.29 is 13.2 Å². The molecule has 0 radical (unpaired) electrons. The molecule has 1 atom stereocenters. The molecule has 1 unspecified atom stereocenters. The Morgan fingerprint density at radius 3 is 2.81 bits per heavy atom. The van der Waals surface area contributed by atoms with Gasteiger partial charge >= 0.3 is 0 Å². The highest BCUT2D eigenvalue weighted by molar-refractivity contribution is 7.92. The van der Waals surface area contributed by atoms with E-state index in [0.29, 0.717) is 29.2 Å². The van der Waals surface area contributed by atoms with Crippen LogP contribution in [0.4, 0.5) is 5.69 Å². The predicted molar refractivity (Wildman–Crippen MR) is 62.0 cm³/mol. The summed E-state index contributed by atoms with van der Waals surface area (Å²) in [5, 5.41) is -0.423. The smallest absolute Gasteiger partial charge is 0.183 e. The summed E-state index contributed by atoms with van der Waals surface area (Å²) in [6, 6.07) is 4.99. The quantitative estimate of drug-likeness (QED) is 0.788. The third-order valence-electron chi connectivity index (χ3n) is 2.96. The van der Waals surface area contributed by atoms with E-state index in [0.717, 1.165) is 0 Å². The largest absolute Gasteiger partial charge is 0.398 e. The van der Waals surface area contributed by atoms with Crippen molar-refractivity contribution in [2.24, 2.45) is 0 Å². The first-order chi connectivity index (χ1) is 7.53. The van der Waals surface area contributed by atoms with Crippen molar-refractivity contribution >= 4 is 15.5 Å². The lowest BCUT2D eigenvalue weighted by molar-refractivity contribution is 0.198. The van der Waals surface area contributed by atoms with Crippen LogP contribution in [-0.4, -0.2) is 26.9 Å². The van der Waals surface area contributed by atoms with Crippen molar-refractivity contribution in [1.82, 2.24) is 0 Å². The molecule has 0 amide bonds. The Morgan fingerprint density at radius 2 is 2.19 bits per heavy atom. The van der Waals surface area contributed by atoms with Crippen LogP contribution >= 0.6 is 0 Å². The van der Waals surface area contributed by atoms with Gasteiger partial charge in [-0.25, -0.2) is 8.42 Å². The maximum absolute atomic E-state index is 12.3. The van der Waals surface area contributed by atoms with E-state index < -0.39 is 15.1 Å². The van der Waals surface area contributed by atoms with Crippen LogP contribution in [0.15, 0.2) is 23.1 Å². The Bertz CT molecular complexity index is 490. The summed E-state index contributed by atoms with van der Waals surface area (Å²) in [4.78, 5) is 0.336. The third kappa shape index (κ3) is 1.81. The number of ether oxygens (including phenoxy) is 1.